The van der Waals surface area contributed by atoms with Crippen molar-refractivity contribution in [1.29, 1.82) is 0 Å². The van der Waals surface area contributed by atoms with Gasteiger partial charge in [-0.15, -0.1) is 0 Å². The van der Waals surface area contributed by atoms with Crippen LogP contribution >= 0.6 is 11.6 Å². The van der Waals surface area contributed by atoms with Crippen LogP contribution in [0.15, 0.2) is 53.7 Å². The Kier molecular flexibility index (Phi) is 6.27. The fourth-order valence-corrected chi connectivity index (χ4v) is 1.89. The van der Waals surface area contributed by atoms with Gasteiger partial charge >= 0.3 is 0 Å². The molecular formula is C16H14ClN3O4. The molecule has 24 heavy (non-hydrogen) atoms. The number of non-ortho nitro benzene ring substituents is 1. The van der Waals surface area contributed by atoms with Gasteiger partial charge in [0, 0.05) is 29.3 Å². The van der Waals surface area contributed by atoms with E-state index < -0.39 is 4.92 Å². The minimum absolute atomic E-state index is 0.0420. The van der Waals surface area contributed by atoms with Crippen LogP contribution in [0.4, 0.5) is 5.69 Å². The number of nitrogens with zero attached hydrogens (tertiary/aromatic N) is 2. The highest BCUT2D eigenvalue weighted by molar-refractivity contribution is 6.30. The van der Waals surface area contributed by atoms with Crippen molar-refractivity contribution in [2.75, 3.05) is 6.61 Å². The average Bonchev–Trinajstić information content (AvgIpc) is 2.58. The maximum Gasteiger partial charge on any atom is 0.270 e. The Morgan fingerprint density at radius 2 is 2.04 bits per heavy atom. The van der Waals surface area contributed by atoms with Gasteiger partial charge in [-0.2, -0.15) is 0 Å². The lowest BCUT2D eigenvalue weighted by Crippen LogP contribution is -2.26. The molecule has 0 aliphatic carbocycles. The number of oxime groups is 1. The highest BCUT2D eigenvalue weighted by atomic mass is 35.5. The molecule has 2 aromatic carbocycles. The molecule has 1 N–H and O–H groups in total. The molecule has 0 heterocycles. The summed E-state index contributed by atoms with van der Waals surface area (Å²) in [5.41, 5.74) is 1.37. The Balaban J connectivity index is 1.75. The lowest BCUT2D eigenvalue weighted by atomic mass is 10.2. The third-order valence-corrected chi connectivity index (χ3v) is 3.21. The number of nitro benzene ring substituents is 1. The topological polar surface area (TPSA) is 93.8 Å². The molecular weight excluding hydrogens is 334 g/mol. The number of carbonyl (C=O) groups excluding carboxylic acids is 1. The van der Waals surface area contributed by atoms with E-state index in [0.717, 1.165) is 5.56 Å². The smallest absolute Gasteiger partial charge is 0.270 e. The molecule has 0 aliphatic heterocycles. The molecule has 0 bridgehead atoms. The van der Waals surface area contributed by atoms with Crippen molar-refractivity contribution in [2.45, 2.75) is 6.54 Å². The molecule has 0 aliphatic rings. The van der Waals surface area contributed by atoms with Gasteiger partial charge in [0.05, 0.1) is 11.1 Å². The number of carbonyl (C=O) groups is 1. The highest BCUT2D eigenvalue weighted by Gasteiger charge is 2.04. The Labute approximate surface area is 143 Å². The minimum Gasteiger partial charge on any atom is -0.386 e. The van der Waals surface area contributed by atoms with E-state index in [1.165, 1.54) is 24.4 Å². The molecule has 0 saturated heterocycles. The van der Waals surface area contributed by atoms with Gasteiger partial charge in [-0.1, -0.05) is 41.0 Å². The molecule has 0 atom stereocenters. The molecule has 0 aromatic heterocycles. The summed E-state index contributed by atoms with van der Waals surface area (Å²) in [5, 5.41) is 17.6. The normalized spacial score (nSPS) is 10.5. The van der Waals surface area contributed by atoms with E-state index in [0.29, 0.717) is 17.1 Å². The van der Waals surface area contributed by atoms with E-state index in [-0.39, 0.29) is 18.2 Å². The number of hydrogen-bond acceptors (Lipinski definition) is 5. The first-order chi connectivity index (χ1) is 11.5. The van der Waals surface area contributed by atoms with Crippen LogP contribution in [0.2, 0.25) is 5.02 Å². The number of halogens is 1. The predicted molar refractivity (Wildman–Crippen MR) is 89.9 cm³/mol. The van der Waals surface area contributed by atoms with Crippen molar-refractivity contribution in [3.05, 3.63) is 74.8 Å². The third-order valence-electron chi connectivity index (χ3n) is 2.96. The fraction of sp³-hybridized carbons (Fsp3) is 0.125. The Morgan fingerprint density at radius 1 is 1.29 bits per heavy atom. The van der Waals surface area contributed by atoms with Gasteiger partial charge in [0.2, 0.25) is 0 Å². The standard InChI is InChI=1S/C16H14ClN3O4/c17-14-6-4-12(5-7-14)9-18-16(21)11-24-19-10-13-2-1-3-15(8-13)20(22)23/h1-8,10H,9,11H2,(H,18,21)/b19-10-. The number of amides is 1. The summed E-state index contributed by atoms with van der Waals surface area (Å²) in [6, 6.07) is 13.0. The molecule has 1 amide bonds. The molecule has 0 spiro atoms. The number of benzene rings is 2. The van der Waals surface area contributed by atoms with Gasteiger partial charge in [0.25, 0.3) is 11.6 Å². The molecule has 7 nitrogen and oxygen atoms in total. The maximum absolute atomic E-state index is 11.6. The van der Waals surface area contributed by atoms with Crippen LogP contribution in [0, 0.1) is 10.1 Å². The summed E-state index contributed by atoms with van der Waals surface area (Å²) in [4.78, 5) is 26.6. The van der Waals surface area contributed by atoms with E-state index >= 15 is 0 Å². The number of nitro groups is 1. The number of nitrogens with one attached hydrogen (secondary N) is 1. The number of hydrogen-bond donors (Lipinski definition) is 1. The molecule has 124 valence electrons. The van der Waals surface area contributed by atoms with Gasteiger partial charge < -0.3 is 10.2 Å². The van der Waals surface area contributed by atoms with Gasteiger partial charge in [0.1, 0.15) is 0 Å². The highest BCUT2D eigenvalue weighted by Crippen LogP contribution is 2.11. The van der Waals surface area contributed by atoms with Crippen LogP contribution in [-0.2, 0) is 16.2 Å². The quantitative estimate of drug-likeness (QED) is 0.473. The molecule has 8 heteroatoms. The fourth-order valence-electron chi connectivity index (χ4n) is 1.77. The van der Waals surface area contributed by atoms with Crippen LogP contribution < -0.4 is 5.32 Å². The molecule has 0 radical (unpaired) electrons. The van der Waals surface area contributed by atoms with Crippen molar-refractivity contribution >= 4 is 29.4 Å². The molecule has 0 unspecified atom stereocenters. The zero-order chi connectivity index (χ0) is 17.4. The van der Waals surface area contributed by atoms with Gasteiger partial charge in [-0.3, -0.25) is 14.9 Å². The van der Waals surface area contributed by atoms with Crippen molar-refractivity contribution < 1.29 is 14.6 Å². The maximum atomic E-state index is 11.6. The predicted octanol–water partition coefficient (Wildman–Crippen LogP) is 2.92. The summed E-state index contributed by atoms with van der Waals surface area (Å²) in [6.07, 6.45) is 1.31. The van der Waals surface area contributed by atoms with Crippen LogP contribution in [0.25, 0.3) is 0 Å². The number of rotatable bonds is 7. The van der Waals surface area contributed by atoms with Crippen molar-refractivity contribution in [1.82, 2.24) is 5.32 Å². The van der Waals surface area contributed by atoms with Gasteiger partial charge in [0.15, 0.2) is 6.61 Å². The first-order valence-electron chi connectivity index (χ1n) is 6.95. The molecule has 0 saturated carbocycles. The van der Waals surface area contributed by atoms with Crippen LogP contribution in [0.1, 0.15) is 11.1 Å². The second kappa shape index (κ2) is 8.64. The van der Waals surface area contributed by atoms with Crippen LogP contribution in [-0.4, -0.2) is 23.7 Å². The average molecular weight is 348 g/mol. The van der Waals surface area contributed by atoms with Crippen LogP contribution in [0.5, 0.6) is 0 Å². The van der Waals surface area contributed by atoms with E-state index in [1.807, 2.05) is 12.1 Å². The van der Waals surface area contributed by atoms with E-state index in [2.05, 4.69) is 10.5 Å². The van der Waals surface area contributed by atoms with E-state index in [4.69, 9.17) is 16.4 Å². The van der Waals surface area contributed by atoms with E-state index in [9.17, 15) is 14.9 Å². The summed E-state index contributed by atoms with van der Waals surface area (Å²) in [7, 11) is 0. The zero-order valence-electron chi connectivity index (χ0n) is 12.5. The second-order valence-electron chi connectivity index (χ2n) is 4.76. The lowest BCUT2D eigenvalue weighted by Gasteiger charge is -2.04. The third kappa shape index (κ3) is 5.69. The molecule has 0 fully saturated rings. The first-order valence-corrected chi connectivity index (χ1v) is 7.33. The molecule has 2 rings (SSSR count). The summed E-state index contributed by atoms with van der Waals surface area (Å²) in [6.45, 7) is 0.104. The van der Waals surface area contributed by atoms with E-state index in [1.54, 1.807) is 18.2 Å². The minimum atomic E-state index is -0.498. The summed E-state index contributed by atoms with van der Waals surface area (Å²) in [5.74, 6) is -0.332. The zero-order valence-corrected chi connectivity index (χ0v) is 13.3. The summed E-state index contributed by atoms with van der Waals surface area (Å²) < 4.78 is 0. The monoisotopic (exact) mass is 347 g/mol. The first kappa shape index (κ1) is 17.4. The Morgan fingerprint density at radius 3 is 2.75 bits per heavy atom. The van der Waals surface area contributed by atoms with Crippen molar-refractivity contribution in [2.24, 2.45) is 5.16 Å². The Hall–Kier alpha value is -2.93. The van der Waals surface area contributed by atoms with Crippen molar-refractivity contribution in [3.8, 4) is 0 Å². The summed E-state index contributed by atoms with van der Waals surface area (Å²) >= 11 is 5.78. The van der Waals surface area contributed by atoms with Crippen LogP contribution in [0.3, 0.4) is 0 Å². The van der Waals surface area contributed by atoms with Gasteiger partial charge in [-0.05, 0) is 17.7 Å². The Bertz CT molecular complexity index is 747. The lowest BCUT2D eigenvalue weighted by molar-refractivity contribution is -0.384. The largest absolute Gasteiger partial charge is 0.386 e. The van der Waals surface area contributed by atoms with Gasteiger partial charge in [-0.25, -0.2) is 0 Å². The van der Waals surface area contributed by atoms with Crippen molar-refractivity contribution in [3.63, 3.8) is 0 Å². The SMILES string of the molecule is O=C(CO/N=C\c1cccc([N+](=O)[O-])c1)NCc1ccc(Cl)cc1. The second-order valence-corrected chi connectivity index (χ2v) is 5.20. The molecule has 2 aromatic rings.